The van der Waals surface area contributed by atoms with E-state index in [4.69, 9.17) is 9.84 Å². The summed E-state index contributed by atoms with van der Waals surface area (Å²) >= 11 is 0. The number of rotatable bonds is 2. The predicted molar refractivity (Wildman–Crippen MR) is 111 cm³/mol. The second kappa shape index (κ2) is 7.47. The number of hydrogen-bond donors (Lipinski definition) is 1. The summed E-state index contributed by atoms with van der Waals surface area (Å²) in [7, 11) is -3.55. The molecule has 160 valence electrons. The van der Waals surface area contributed by atoms with Crippen LogP contribution in [-0.4, -0.2) is 68.4 Å². The molecule has 30 heavy (non-hydrogen) atoms. The van der Waals surface area contributed by atoms with Gasteiger partial charge in [0.2, 0.25) is 0 Å². The Hall–Kier alpha value is -2.23. The third kappa shape index (κ3) is 3.16. The summed E-state index contributed by atoms with van der Waals surface area (Å²) in [6.07, 6.45) is 1.96. The van der Waals surface area contributed by atoms with Gasteiger partial charge in [-0.15, -0.1) is 0 Å². The quantitative estimate of drug-likeness (QED) is 0.777. The molecule has 2 aromatic rings. The smallest absolute Gasteiger partial charge is 0.274 e. The number of amides is 1. The first kappa shape index (κ1) is 19.7. The molecule has 2 saturated heterocycles. The molecular formula is C21H26N4O4S. The van der Waals surface area contributed by atoms with Crippen molar-refractivity contribution in [2.75, 3.05) is 39.4 Å². The summed E-state index contributed by atoms with van der Waals surface area (Å²) < 4.78 is 33.7. The van der Waals surface area contributed by atoms with Crippen molar-refractivity contribution in [2.24, 2.45) is 0 Å². The Kier molecular flexibility index (Phi) is 4.91. The lowest BCUT2D eigenvalue weighted by Crippen LogP contribution is -2.41. The van der Waals surface area contributed by atoms with Crippen LogP contribution in [0.1, 0.15) is 40.5 Å². The van der Waals surface area contributed by atoms with Crippen LogP contribution in [0.3, 0.4) is 0 Å². The van der Waals surface area contributed by atoms with E-state index in [0.717, 1.165) is 37.2 Å². The molecule has 1 aromatic carbocycles. The van der Waals surface area contributed by atoms with Crippen LogP contribution in [0.4, 0.5) is 0 Å². The van der Waals surface area contributed by atoms with Gasteiger partial charge in [0.15, 0.2) is 15.5 Å². The lowest BCUT2D eigenvalue weighted by molar-refractivity contribution is 0.0297. The molecule has 3 aliphatic rings. The second-order valence-corrected chi connectivity index (χ2v) is 10.2. The molecule has 9 heteroatoms. The zero-order valence-electron chi connectivity index (χ0n) is 17.1. The summed E-state index contributed by atoms with van der Waals surface area (Å²) in [6, 6.07) is 5.63. The van der Waals surface area contributed by atoms with Gasteiger partial charge in [-0.3, -0.25) is 9.48 Å². The minimum absolute atomic E-state index is 0.0907. The van der Waals surface area contributed by atoms with Gasteiger partial charge in [-0.2, -0.15) is 5.10 Å². The molecule has 1 amide bonds. The van der Waals surface area contributed by atoms with Crippen LogP contribution in [0.15, 0.2) is 23.1 Å². The molecule has 0 unspecified atom stereocenters. The normalized spacial score (nSPS) is 23.0. The molecule has 3 aliphatic heterocycles. The number of fused-ring (bicyclic) bond motifs is 3. The maximum Gasteiger partial charge on any atom is 0.274 e. The fourth-order valence-corrected chi connectivity index (χ4v) is 6.66. The predicted octanol–water partition coefficient (Wildman–Crippen LogP) is 1.54. The molecule has 5 rings (SSSR count). The van der Waals surface area contributed by atoms with E-state index in [1.807, 2.05) is 29.8 Å². The zero-order chi connectivity index (χ0) is 20.9. The van der Waals surface area contributed by atoms with Crippen LogP contribution in [0.5, 0.6) is 0 Å². The van der Waals surface area contributed by atoms with Crippen molar-refractivity contribution in [3.63, 3.8) is 0 Å². The molecule has 2 fully saturated rings. The van der Waals surface area contributed by atoms with Crippen molar-refractivity contribution in [3.05, 3.63) is 35.0 Å². The average Bonchev–Trinajstić information content (AvgIpc) is 3.13. The number of carbonyl (C=O) groups excluding carboxylic acids is 1. The van der Waals surface area contributed by atoms with Gasteiger partial charge in [-0.05, 0) is 31.9 Å². The number of ether oxygens (including phenoxy) is 1. The number of carbonyl (C=O) groups is 1. The first-order valence-electron chi connectivity index (χ1n) is 10.5. The van der Waals surface area contributed by atoms with Crippen molar-refractivity contribution in [1.29, 1.82) is 0 Å². The van der Waals surface area contributed by atoms with E-state index in [0.29, 0.717) is 42.3 Å². The van der Waals surface area contributed by atoms with E-state index >= 15 is 0 Å². The Bertz CT molecular complexity index is 1100. The van der Waals surface area contributed by atoms with E-state index < -0.39 is 9.84 Å². The van der Waals surface area contributed by atoms with Crippen molar-refractivity contribution in [1.82, 2.24) is 20.0 Å². The minimum atomic E-state index is -3.55. The SMILES string of the molecule is Cc1cccc2c1S(=O)(=O)Cc1c(C(=O)N3CCOCC3)nn([C@H]3CCCNC3)c1-2. The Balaban J connectivity index is 1.71. The Morgan fingerprint density at radius 3 is 2.80 bits per heavy atom. The maximum absolute atomic E-state index is 13.3. The standard InChI is InChI=1S/C21H26N4O4S/c1-14-4-2-6-16-19-17(13-30(27,28)20(14)16)18(21(26)24-8-10-29-11-9-24)23-25(19)15-5-3-7-22-12-15/h2,4,6,15,22H,3,5,7-13H2,1H3/t15-/m0/s1. The Morgan fingerprint density at radius 2 is 2.07 bits per heavy atom. The lowest BCUT2D eigenvalue weighted by Gasteiger charge is -2.27. The Morgan fingerprint density at radius 1 is 1.27 bits per heavy atom. The Labute approximate surface area is 176 Å². The third-order valence-electron chi connectivity index (χ3n) is 6.24. The lowest BCUT2D eigenvalue weighted by atomic mass is 10.0. The molecule has 0 spiro atoms. The number of nitrogens with one attached hydrogen (secondary N) is 1. The summed E-state index contributed by atoms with van der Waals surface area (Å²) in [6.45, 7) is 5.51. The van der Waals surface area contributed by atoms with Crippen LogP contribution >= 0.6 is 0 Å². The minimum Gasteiger partial charge on any atom is -0.378 e. The van der Waals surface area contributed by atoms with Crippen LogP contribution in [0.2, 0.25) is 0 Å². The van der Waals surface area contributed by atoms with Gasteiger partial charge in [-0.25, -0.2) is 8.42 Å². The molecule has 0 bridgehead atoms. The second-order valence-electron chi connectivity index (χ2n) is 8.24. The van der Waals surface area contributed by atoms with Crippen LogP contribution in [-0.2, 0) is 20.3 Å². The van der Waals surface area contributed by atoms with Gasteiger partial charge in [0, 0.05) is 30.8 Å². The number of nitrogens with zero attached hydrogens (tertiary/aromatic N) is 3. The van der Waals surface area contributed by atoms with E-state index in [9.17, 15) is 13.2 Å². The summed E-state index contributed by atoms with van der Waals surface area (Å²) in [5, 5.41) is 8.17. The summed E-state index contributed by atoms with van der Waals surface area (Å²) in [5.41, 5.74) is 2.99. The number of morpholine rings is 1. The topological polar surface area (TPSA) is 93.5 Å². The molecule has 4 heterocycles. The highest BCUT2D eigenvalue weighted by Crippen LogP contribution is 2.42. The molecule has 0 saturated carbocycles. The molecule has 8 nitrogen and oxygen atoms in total. The summed E-state index contributed by atoms with van der Waals surface area (Å²) in [5.74, 6) is -0.394. The van der Waals surface area contributed by atoms with E-state index in [1.165, 1.54) is 0 Å². The molecule has 1 aromatic heterocycles. The highest BCUT2D eigenvalue weighted by molar-refractivity contribution is 7.91. The van der Waals surface area contributed by atoms with Gasteiger partial charge < -0.3 is 15.0 Å². The molecule has 1 N–H and O–H groups in total. The monoisotopic (exact) mass is 430 g/mol. The average molecular weight is 431 g/mol. The third-order valence-corrected chi connectivity index (χ3v) is 8.07. The van der Waals surface area contributed by atoms with Crippen LogP contribution in [0, 0.1) is 6.92 Å². The van der Waals surface area contributed by atoms with Crippen molar-refractivity contribution in [3.8, 4) is 11.3 Å². The van der Waals surface area contributed by atoms with E-state index in [2.05, 4.69) is 5.32 Å². The fourth-order valence-electron chi connectivity index (χ4n) is 4.80. The van der Waals surface area contributed by atoms with Gasteiger partial charge in [0.1, 0.15) is 0 Å². The number of aromatic nitrogens is 2. The highest BCUT2D eigenvalue weighted by Gasteiger charge is 2.39. The molecule has 0 radical (unpaired) electrons. The van der Waals surface area contributed by atoms with Gasteiger partial charge in [0.25, 0.3) is 5.91 Å². The zero-order valence-corrected chi connectivity index (χ0v) is 17.9. The number of hydrogen-bond acceptors (Lipinski definition) is 6. The first-order chi connectivity index (χ1) is 14.5. The van der Waals surface area contributed by atoms with E-state index in [-0.39, 0.29) is 23.4 Å². The number of piperidine rings is 1. The number of aryl methyl sites for hydroxylation is 1. The maximum atomic E-state index is 13.3. The van der Waals surface area contributed by atoms with Crippen molar-refractivity contribution >= 4 is 15.7 Å². The largest absolute Gasteiger partial charge is 0.378 e. The molecule has 0 aliphatic carbocycles. The van der Waals surface area contributed by atoms with Gasteiger partial charge in [0.05, 0.1) is 35.6 Å². The van der Waals surface area contributed by atoms with Crippen LogP contribution < -0.4 is 5.32 Å². The number of sulfone groups is 1. The number of benzene rings is 1. The van der Waals surface area contributed by atoms with Gasteiger partial charge >= 0.3 is 0 Å². The molecular weight excluding hydrogens is 404 g/mol. The fraction of sp³-hybridized carbons (Fsp3) is 0.524. The first-order valence-corrected chi connectivity index (χ1v) is 12.1. The molecule has 1 atom stereocenters. The van der Waals surface area contributed by atoms with Gasteiger partial charge in [-0.1, -0.05) is 18.2 Å². The van der Waals surface area contributed by atoms with Crippen molar-refractivity contribution in [2.45, 2.75) is 36.5 Å². The van der Waals surface area contributed by atoms with Crippen molar-refractivity contribution < 1.29 is 17.9 Å². The summed E-state index contributed by atoms with van der Waals surface area (Å²) in [4.78, 5) is 15.4. The highest BCUT2D eigenvalue weighted by atomic mass is 32.2. The van der Waals surface area contributed by atoms with E-state index in [1.54, 1.807) is 4.90 Å². The van der Waals surface area contributed by atoms with Crippen LogP contribution in [0.25, 0.3) is 11.3 Å².